The molecule has 0 bridgehead atoms. The van der Waals surface area contributed by atoms with Crippen molar-refractivity contribution in [2.24, 2.45) is 0 Å². The van der Waals surface area contributed by atoms with Crippen LogP contribution in [0.5, 0.6) is 0 Å². The second-order valence-electron chi connectivity index (χ2n) is 5.67. The standard InChI is InChI=1S/C13H19NO6S/c1-8-10(12(15)16)11(9(2)20-8)21(17,18)14-5-6-19-7-13(14,3)4/h5-7H2,1-4H3,(H,15,16). The highest BCUT2D eigenvalue weighted by Gasteiger charge is 2.43. The van der Waals surface area contributed by atoms with Gasteiger partial charge in [-0.15, -0.1) is 0 Å². The molecule has 0 saturated carbocycles. The van der Waals surface area contributed by atoms with Crippen molar-refractivity contribution in [3.05, 3.63) is 17.1 Å². The maximum atomic E-state index is 12.9. The minimum absolute atomic E-state index is 0.0876. The number of carboxylic acids is 1. The molecule has 0 radical (unpaired) electrons. The van der Waals surface area contributed by atoms with Crippen LogP contribution in [-0.4, -0.2) is 49.1 Å². The molecule has 2 heterocycles. The minimum atomic E-state index is -3.98. The summed E-state index contributed by atoms with van der Waals surface area (Å²) < 4.78 is 37.7. The predicted molar refractivity (Wildman–Crippen MR) is 73.9 cm³/mol. The van der Waals surface area contributed by atoms with Crippen molar-refractivity contribution < 1.29 is 27.5 Å². The van der Waals surface area contributed by atoms with E-state index in [1.165, 1.54) is 18.2 Å². The van der Waals surface area contributed by atoms with Gasteiger partial charge >= 0.3 is 5.97 Å². The number of furan rings is 1. The summed E-state index contributed by atoms with van der Waals surface area (Å²) in [5.41, 5.74) is -1.04. The molecule has 1 aromatic heterocycles. The third kappa shape index (κ3) is 2.58. The molecule has 0 aliphatic carbocycles. The van der Waals surface area contributed by atoms with Gasteiger partial charge in [-0.2, -0.15) is 4.31 Å². The number of aryl methyl sites for hydroxylation is 2. The minimum Gasteiger partial charge on any atom is -0.478 e. The Balaban J connectivity index is 2.62. The maximum Gasteiger partial charge on any atom is 0.340 e. The van der Waals surface area contributed by atoms with Crippen molar-refractivity contribution in [2.45, 2.75) is 38.1 Å². The van der Waals surface area contributed by atoms with Crippen LogP contribution in [0.15, 0.2) is 9.31 Å². The number of carboxylic acid groups (broad SMARTS) is 1. The van der Waals surface area contributed by atoms with E-state index in [0.29, 0.717) is 0 Å². The number of rotatable bonds is 3. The van der Waals surface area contributed by atoms with Crippen LogP contribution in [0.25, 0.3) is 0 Å². The highest BCUT2D eigenvalue weighted by Crippen LogP contribution is 2.33. The molecule has 21 heavy (non-hydrogen) atoms. The van der Waals surface area contributed by atoms with Gasteiger partial charge in [-0.25, -0.2) is 13.2 Å². The Morgan fingerprint density at radius 1 is 1.29 bits per heavy atom. The molecule has 0 amide bonds. The van der Waals surface area contributed by atoms with Crippen LogP contribution >= 0.6 is 0 Å². The Morgan fingerprint density at radius 3 is 2.43 bits per heavy atom. The average molecular weight is 317 g/mol. The van der Waals surface area contributed by atoms with E-state index in [-0.39, 0.29) is 41.7 Å². The number of hydrogen-bond donors (Lipinski definition) is 1. The SMILES string of the molecule is Cc1oc(C)c(S(=O)(=O)N2CCOCC2(C)C)c1C(=O)O. The lowest BCUT2D eigenvalue weighted by molar-refractivity contribution is -0.00777. The van der Waals surface area contributed by atoms with Crippen LogP contribution < -0.4 is 0 Å². The van der Waals surface area contributed by atoms with Crippen molar-refractivity contribution in [1.82, 2.24) is 4.31 Å². The molecule has 1 aliphatic heterocycles. The van der Waals surface area contributed by atoms with Gasteiger partial charge in [-0.1, -0.05) is 0 Å². The van der Waals surface area contributed by atoms with Crippen molar-refractivity contribution in [3.8, 4) is 0 Å². The zero-order valence-electron chi connectivity index (χ0n) is 12.5. The molecule has 0 spiro atoms. The number of sulfonamides is 1. The lowest BCUT2D eigenvalue weighted by Crippen LogP contribution is -2.55. The van der Waals surface area contributed by atoms with E-state index in [1.54, 1.807) is 13.8 Å². The first-order chi connectivity index (χ1) is 9.59. The molecule has 1 aromatic rings. The Labute approximate surface area is 123 Å². The van der Waals surface area contributed by atoms with E-state index in [1.807, 2.05) is 0 Å². The quantitative estimate of drug-likeness (QED) is 0.905. The number of morpholine rings is 1. The number of carbonyl (C=O) groups is 1. The van der Waals surface area contributed by atoms with Crippen LogP contribution in [0, 0.1) is 13.8 Å². The zero-order valence-corrected chi connectivity index (χ0v) is 13.3. The summed E-state index contributed by atoms with van der Waals surface area (Å²) in [6, 6.07) is 0. The van der Waals surface area contributed by atoms with E-state index in [4.69, 9.17) is 9.15 Å². The molecule has 8 heteroatoms. The van der Waals surface area contributed by atoms with Gasteiger partial charge in [0.2, 0.25) is 10.0 Å². The van der Waals surface area contributed by atoms with Crippen LogP contribution in [0.3, 0.4) is 0 Å². The molecule has 118 valence electrons. The Kier molecular flexibility index (Phi) is 3.90. The maximum absolute atomic E-state index is 12.9. The van der Waals surface area contributed by atoms with Gasteiger partial charge in [-0.05, 0) is 27.7 Å². The molecule has 0 unspecified atom stereocenters. The molecular formula is C13H19NO6S. The van der Waals surface area contributed by atoms with Crippen LogP contribution in [0.2, 0.25) is 0 Å². The first kappa shape index (κ1) is 16.0. The summed E-state index contributed by atoms with van der Waals surface area (Å²) in [4.78, 5) is 11.1. The number of hydrogen-bond acceptors (Lipinski definition) is 5. The smallest absolute Gasteiger partial charge is 0.340 e. The fourth-order valence-corrected chi connectivity index (χ4v) is 4.75. The lowest BCUT2D eigenvalue weighted by atomic mass is 10.1. The molecule has 0 atom stereocenters. The van der Waals surface area contributed by atoms with Crippen LogP contribution in [0.4, 0.5) is 0 Å². The molecule has 1 aliphatic rings. The van der Waals surface area contributed by atoms with Gasteiger partial charge in [0.25, 0.3) is 0 Å². The van der Waals surface area contributed by atoms with E-state index >= 15 is 0 Å². The Hall–Kier alpha value is -1.38. The summed E-state index contributed by atoms with van der Waals surface area (Å²) >= 11 is 0. The number of aromatic carboxylic acids is 1. The van der Waals surface area contributed by atoms with Crippen LogP contribution in [-0.2, 0) is 14.8 Å². The molecular weight excluding hydrogens is 298 g/mol. The average Bonchev–Trinajstić information content (AvgIpc) is 2.63. The van der Waals surface area contributed by atoms with Gasteiger partial charge in [0.1, 0.15) is 22.0 Å². The predicted octanol–water partition coefficient (Wildman–Crippen LogP) is 1.39. The fraction of sp³-hybridized carbons (Fsp3) is 0.615. The summed E-state index contributed by atoms with van der Waals surface area (Å²) in [6.45, 7) is 7.10. The highest BCUT2D eigenvalue weighted by molar-refractivity contribution is 7.89. The van der Waals surface area contributed by atoms with Gasteiger partial charge in [-0.3, -0.25) is 0 Å². The van der Waals surface area contributed by atoms with Gasteiger partial charge in [0, 0.05) is 6.54 Å². The van der Waals surface area contributed by atoms with Crippen molar-refractivity contribution in [2.75, 3.05) is 19.8 Å². The normalized spacial score (nSPS) is 19.6. The van der Waals surface area contributed by atoms with Crippen molar-refractivity contribution >= 4 is 16.0 Å². The summed E-state index contributed by atoms with van der Waals surface area (Å²) in [5, 5.41) is 9.28. The molecule has 1 N–H and O–H groups in total. The zero-order chi connectivity index (χ0) is 16.0. The third-order valence-corrected chi connectivity index (χ3v) is 5.80. The van der Waals surface area contributed by atoms with Crippen LogP contribution in [0.1, 0.15) is 35.7 Å². The van der Waals surface area contributed by atoms with Gasteiger partial charge in [0.15, 0.2) is 0 Å². The molecule has 1 fully saturated rings. The van der Waals surface area contributed by atoms with E-state index in [2.05, 4.69) is 0 Å². The van der Waals surface area contributed by atoms with Crippen molar-refractivity contribution in [1.29, 1.82) is 0 Å². The second kappa shape index (κ2) is 5.11. The summed E-state index contributed by atoms with van der Waals surface area (Å²) in [6.07, 6.45) is 0. The van der Waals surface area contributed by atoms with E-state index in [9.17, 15) is 18.3 Å². The first-order valence-electron chi connectivity index (χ1n) is 6.53. The largest absolute Gasteiger partial charge is 0.478 e. The monoisotopic (exact) mass is 317 g/mol. The summed E-state index contributed by atoms with van der Waals surface area (Å²) in [5.74, 6) is -1.13. The van der Waals surface area contributed by atoms with E-state index < -0.39 is 21.5 Å². The van der Waals surface area contributed by atoms with E-state index in [0.717, 1.165) is 0 Å². The molecule has 1 saturated heterocycles. The highest BCUT2D eigenvalue weighted by atomic mass is 32.2. The fourth-order valence-electron chi connectivity index (χ4n) is 2.62. The second-order valence-corrected chi connectivity index (χ2v) is 7.47. The first-order valence-corrected chi connectivity index (χ1v) is 7.97. The van der Waals surface area contributed by atoms with Crippen molar-refractivity contribution in [3.63, 3.8) is 0 Å². The molecule has 7 nitrogen and oxygen atoms in total. The summed E-state index contributed by atoms with van der Waals surface area (Å²) in [7, 11) is -3.98. The topological polar surface area (TPSA) is 97.0 Å². The third-order valence-electron chi connectivity index (χ3n) is 3.54. The van der Waals surface area contributed by atoms with Gasteiger partial charge < -0.3 is 14.3 Å². The lowest BCUT2D eigenvalue weighted by Gasteiger charge is -2.40. The molecule has 2 rings (SSSR count). The Morgan fingerprint density at radius 2 is 1.90 bits per heavy atom. The van der Waals surface area contributed by atoms with Gasteiger partial charge in [0.05, 0.1) is 18.8 Å². The molecule has 0 aromatic carbocycles. The Bertz CT molecular complexity index is 673. The number of nitrogens with zero attached hydrogens (tertiary/aromatic N) is 1. The number of ether oxygens (including phenoxy) is 1.